The van der Waals surface area contributed by atoms with E-state index < -0.39 is 30.5 Å². The second-order valence-corrected chi connectivity index (χ2v) is 13.5. The number of hydrogen-bond donors (Lipinski definition) is 2. The number of aryl methyl sites for hydroxylation is 1. The number of rotatable bonds is 8. The van der Waals surface area contributed by atoms with E-state index in [9.17, 15) is 22.8 Å². The number of halogens is 3. The third-order valence-corrected chi connectivity index (χ3v) is 10.6. The molecule has 2 N–H and O–H groups in total. The SMILES string of the molecule is CCn1nccc1C(=O)NC(c1cn2nc(C[C@H]3C[C@@H](C(F)(F)F)CNC3=O)c(C3CCOCC3)nc2n1)C1CCC2CC2CC1. The van der Waals surface area contributed by atoms with E-state index in [-0.39, 0.29) is 36.6 Å². The van der Waals surface area contributed by atoms with Crippen LogP contribution in [0.3, 0.4) is 0 Å². The van der Waals surface area contributed by atoms with Crippen LogP contribution < -0.4 is 10.6 Å². The minimum Gasteiger partial charge on any atom is -0.381 e. The first-order valence-corrected chi connectivity index (χ1v) is 16.7. The van der Waals surface area contributed by atoms with Crippen LogP contribution in [0, 0.1) is 29.6 Å². The fraction of sp³-hybridized carbons (Fsp3) is 0.688. The van der Waals surface area contributed by atoms with Crippen molar-refractivity contribution in [1.29, 1.82) is 0 Å². The van der Waals surface area contributed by atoms with Gasteiger partial charge >= 0.3 is 6.18 Å². The van der Waals surface area contributed by atoms with Crippen LogP contribution in [0.25, 0.3) is 5.78 Å². The van der Waals surface area contributed by atoms with Crippen molar-refractivity contribution in [2.24, 2.45) is 29.6 Å². The molecule has 7 rings (SSSR count). The second-order valence-electron chi connectivity index (χ2n) is 13.5. The number of amides is 2. The molecule has 14 heteroatoms. The van der Waals surface area contributed by atoms with E-state index in [0.29, 0.717) is 61.2 Å². The van der Waals surface area contributed by atoms with Gasteiger partial charge in [-0.15, -0.1) is 0 Å². The standard InChI is InChI=1S/C32H41F3N8O3/c1-2-42-26(7-10-37-42)30(45)39-28(18-3-5-20-13-21(20)6-4-18)25-17-43-31(38-25)40-27(19-8-11-46-12-9-19)24(41-43)15-22-14-23(32(33,34)35)16-36-29(22)44/h7,10,17-23,28H,2-6,8-9,11-16H2,1H3,(H,36,44)(H,39,45)/t18?,20?,21?,22-,23-,28?/m1/s1. The van der Waals surface area contributed by atoms with Gasteiger partial charge in [-0.1, -0.05) is 0 Å². The lowest BCUT2D eigenvalue weighted by Crippen LogP contribution is -2.47. The molecule has 2 aliphatic heterocycles. The maximum absolute atomic E-state index is 13.6. The Labute approximate surface area is 265 Å². The quantitative estimate of drug-likeness (QED) is 0.373. The van der Waals surface area contributed by atoms with Crippen LogP contribution in [-0.4, -0.2) is 67.1 Å². The zero-order chi connectivity index (χ0) is 32.0. The predicted octanol–water partition coefficient (Wildman–Crippen LogP) is 4.39. The first-order valence-electron chi connectivity index (χ1n) is 16.7. The summed E-state index contributed by atoms with van der Waals surface area (Å²) in [6, 6.07) is 1.34. The number of nitrogens with zero attached hydrogens (tertiary/aromatic N) is 6. The lowest BCUT2D eigenvalue weighted by Gasteiger charge is -2.31. The number of carbonyl (C=O) groups excluding carboxylic acids is 2. The van der Waals surface area contributed by atoms with E-state index in [2.05, 4.69) is 15.7 Å². The summed E-state index contributed by atoms with van der Waals surface area (Å²) in [5.74, 6) is -1.01. The van der Waals surface area contributed by atoms with Crippen LogP contribution >= 0.6 is 0 Å². The number of alkyl halides is 3. The van der Waals surface area contributed by atoms with E-state index >= 15 is 0 Å². The molecule has 248 valence electrons. The molecular formula is C32H41F3N8O3. The van der Waals surface area contributed by atoms with Crippen LogP contribution in [0.4, 0.5) is 13.2 Å². The Kier molecular flexibility index (Phi) is 8.49. The van der Waals surface area contributed by atoms with Gasteiger partial charge in [0.15, 0.2) is 0 Å². The number of hydrogen-bond acceptors (Lipinski definition) is 7. The first kappa shape index (κ1) is 31.1. The van der Waals surface area contributed by atoms with Gasteiger partial charge in [0.2, 0.25) is 5.91 Å². The van der Waals surface area contributed by atoms with E-state index in [1.165, 1.54) is 6.42 Å². The molecule has 5 heterocycles. The third-order valence-electron chi connectivity index (χ3n) is 10.6. The van der Waals surface area contributed by atoms with E-state index in [0.717, 1.165) is 37.5 Å². The summed E-state index contributed by atoms with van der Waals surface area (Å²) in [6.45, 7) is 3.18. The highest BCUT2D eigenvalue weighted by Crippen LogP contribution is 2.51. The Bertz CT molecular complexity index is 1570. The van der Waals surface area contributed by atoms with Gasteiger partial charge in [-0.2, -0.15) is 23.4 Å². The molecule has 4 fully saturated rings. The van der Waals surface area contributed by atoms with Crippen molar-refractivity contribution in [3.8, 4) is 0 Å². The van der Waals surface area contributed by atoms with Gasteiger partial charge in [0.25, 0.3) is 11.7 Å². The Morgan fingerprint density at radius 1 is 1.11 bits per heavy atom. The first-order chi connectivity index (χ1) is 22.2. The molecule has 2 aliphatic carbocycles. The average Bonchev–Trinajstić information content (AvgIpc) is 3.47. The Balaban J connectivity index is 1.23. The molecule has 11 nitrogen and oxygen atoms in total. The molecule has 2 amide bonds. The number of piperidine rings is 1. The summed E-state index contributed by atoms with van der Waals surface area (Å²) >= 11 is 0. The summed E-state index contributed by atoms with van der Waals surface area (Å²) in [6.07, 6.45) is 5.66. The van der Waals surface area contributed by atoms with Gasteiger partial charge in [0.05, 0.1) is 35.2 Å². The van der Waals surface area contributed by atoms with Crippen molar-refractivity contribution in [1.82, 2.24) is 40.0 Å². The molecule has 0 spiro atoms. The summed E-state index contributed by atoms with van der Waals surface area (Å²) < 4.78 is 49.7. The van der Waals surface area contributed by atoms with Gasteiger partial charge in [-0.25, -0.2) is 14.5 Å². The molecule has 3 aromatic rings. The average molecular weight is 643 g/mol. The lowest BCUT2D eigenvalue weighted by atomic mass is 9.84. The van der Waals surface area contributed by atoms with E-state index in [1.807, 2.05) is 6.92 Å². The van der Waals surface area contributed by atoms with Crippen molar-refractivity contribution in [2.75, 3.05) is 19.8 Å². The zero-order valence-electron chi connectivity index (χ0n) is 26.0. The van der Waals surface area contributed by atoms with Crippen molar-refractivity contribution in [2.45, 2.75) is 89.4 Å². The molecule has 0 radical (unpaired) electrons. The topological polar surface area (TPSA) is 128 Å². The van der Waals surface area contributed by atoms with Crippen LogP contribution in [0.2, 0.25) is 0 Å². The summed E-state index contributed by atoms with van der Waals surface area (Å²) in [5.41, 5.74) is 2.31. The second kappa shape index (κ2) is 12.6. The fourth-order valence-corrected chi connectivity index (χ4v) is 7.81. The fourth-order valence-electron chi connectivity index (χ4n) is 7.81. The largest absolute Gasteiger partial charge is 0.393 e. The monoisotopic (exact) mass is 642 g/mol. The van der Waals surface area contributed by atoms with Crippen molar-refractivity contribution in [3.63, 3.8) is 0 Å². The molecule has 3 unspecified atom stereocenters. The van der Waals surface area contributed by atoms with Crippen molar-refractivity contribution < 1.29 is 27.5 Å². The van der Waals surface area contributed by atoms with Crippen LogP contribution in [0.5, 0.6) is 0 Å². The van der Waals surface area contributed by atoms with Gasteiger partial charge in [0.1, 0.15) is 5.69 Å². The molecule has 2 saturated heterocycles. The molecular weight excluding hydrogens is 601 g/mol. The van der Waals surface area contributed by atoms with E-state index in [1.54, 1.807) is 27.7 Å². The molecule has 2 saturated carbocycles. The number of nitrogens with one attached hydrogen (secondary N) is 2. The highest BCUT2D eigenvalue weighted by atomic mass is 19.4. The zero-order valence-corrected chi connectivity index (χ0v) is 26.0. The van der Waals surface area contributed by atoms with Crippen LogP contribution in [0.1, 0.15) is 97.8 Å². The summed E-state index contributed by atoms with van der Waals surface area (Å²) in [5, 5.41) is 14.9. The summed E-state index contributed by atoms with van der Waals surface area (Å²) in [7, 11) is 0. The molecule has 4 aliphatic rings. The predicted molar refractivity (Wildman–Crippen MR) is 160 cm³/mol. The smallest absolute Gasteiger partial charge is 0.381 e. The third kappa shape index (κ3) is 6.37. The Morgan fingerprint density at radius 2 is 1.87 bits per heavy atom. The van der Waals surface area contributed by atoms with Gasteiger partial charge in [-0.05, 0) is 82.1 Å². The van der Waals surface area contributed by atoms with Gasteiger partial charge in [-0.3, -0.25) is 14.3 Å². The Morgan fingerprint density at radius 3 is 2.59 bits per heavy atom. The maximum Gasteiger partial charge on any atom is 0.393 e. The molecule has 0 aromatic carbocycles. The van der Waals surface area contributed by atoms with E-state index in [4.69, 9.17) is 19.8 Å². The highest BCUT2D eigenvalue weighted by molar-refractivity contribution is 5.92. The van der Waals surface area contributed by atoms with Crippen molar-refractivity contribution in [3.05, 3.63) is 41.2 Å². The molecule has 3 aromatic heterocycles. The van der Waals surface area contributed by atoms with Gasteiger partial charge < -0.3 is 15.4 Å². The number of aromatic nitrogens is 6. The minimum atomic E-state index is -4.39. The van der Waals surface area contributed by atoms with Crippen LogP contribution in [-0.2, 0) is 22.5 Å². The van der Waals surface area contributed by atoms with Gasteiger partial charge in [0, 0.05) is 50.8 Å². The van der Waals surface area contributed by atoms with Crippen molar-refractivity contribution >= 4 is 17.6 Å². The molecule has 5 atom stereocenters. The lowest BCUT2D eigenvalue weighted by molar-refractivity contribution is -0.183. The number of carbonyl (C=O) groups is 2. The number of ether oxygens (including phenoxy) is 1. The highest BCUT2D eigenvalue weighted by Gasteiger charge is 2.45. The number of imidazole rings is 1. The number of fused-ring (bicyclic) bond motifs is 2. The maximum atomic E-state index is 13.6. The minimum absolute atomic E-state index is 0.00937. The summed E-state index contributed by atoms with van der Waals surface area (Å²) in [4.78, 5) is 36.2. The molecule has 46 heavy (non-hydrogen) atoms. The normalized spacial score (nSPS) is 27.9. The molecule has 0 bridgehead atoms. The van der Waals surface area contributed by atoms with Crippen LogP contribution in [0.15, 0.2) is 18.5 Å². The Hall–Kier alpha value is -3.55.